The van der Waals surface area contributed by atoms with Gasteiger partial charge in [-0.25, -0.2) is 0 Å². The van der Waals surface area contributed by atoms with Gasteiger partial charge >= 0.3 is 0 Å². The maximum atomic E-state index is 14.5. The van der Waals surface area contributed by atoms with Gasteiger partial charge in [-0.15, -0.1) is 0 Å². The molecule has 4 aromatic rings. The number of ether oxygens (including phenoxy) is 1. The summed E-state index contributed by atoms with van der Waals surface area (Å²) in [5.74, 6) is 1.86. The van der Waals surface area contributed by atoms with Crippen molar-refractivity contribution in [3.63, 3.8) is 0 Å². The Labute approximate surface area is 300 Å². The molecule has 3 N–H and O–H groups in total. The standard InChI is InChI=1S/C42H49N5O4/c48-40(26-30-16-20-43-21-17-30)46(27-32-18-22-44-23-19-32)29-39-41(49)45-38(25-33-10-13-34-6-4-5-7-35(34)24-33)42(50)47(39)28-31-11-14-37(15-12-31)51-36-8-2-1-3-9-36/h1-15,24,30,32,38-39,43-44H,16-23,25-29H2,(H,45,49)/t38?,39-/m0/s1. The summed E-state index contributed by atoms with van der Waals surface area (Å²) < 4.78 is 6.01. The van der Waals surface area contributed by atoms with E-state index in [1.54, 1.807) is 4.90 Å². The zero-order chi connectivity index (χ0) is 35.0. The minimum absolute atomic E-state index is 0.0846. The Balaban J connectivity index is 1.14. The fraction of sp³-hybridized carbons (Fsp3) is 0.405. The molecule has 0 saturated carbocycles. The Bertz CT molecular complexity index is 1790. The Kier molecular flexibility index (Phi) is 11.2. The van der Waals surface area contributed by atoms with Gasteiger partial charge in [-0.1, -0.05) is 72.8 Å². The monoisotopic (exact) mass is 687 g/mol. The lowest BCUT2D eigenvalue weighted by Gasteiger charge is -2.42. The van der Waals surface area contributed by atoms with Crippen molar-refractivity contribution in [2.24, 2.45) is 11.8 Å². The van der Waals surface area contributed by atoms with Gasteiger partial charge in [0.15, 0.2) is 0 Å². The lowest BCUT2D eigenvalue weighted by Crippen LogP contribution is -2.66. The summed E-state index contributed by atoms with van der Waals surface area (Å²) in [6, 6.07) is 30.1. The number of hydrogen-bond acceptors (Lipinski definition) is 6. The Morgan fingerprint density at radius 3 is 2.06 bits per heavy atom. The molecule has 1 unspecified atom stereocenters. The van der Waals surface area contributed by atoms with Crippen molar-refractivity contribution in [3.05, 3.63) is 108 Å². The Morgan fingerprint density at radius 1 is 0.706 bits per heavy atom. The van der Waals surface area contributed by atoms with Crippen LogP contribution in [0.2, 0.25) is 0 Å². The van der Waals surface area contributed by atoms with Crippen molar-refractivity contribution in [2.45, 2.75) is 57.2 Å². The van der Waals surface area contributed by atoms with E-state index in [0.717, 1.165) is 79.5 Å². The summed E-state index contributed by atoms with van der Waals surface area (Å²) in [7, 11) is 0. The number of fused-ring (bicyclic) bond motifs is 1. The molecule has 3 heterocycles. The van der Waals surface area contributed by atoms with Gasteiger partial charge in [0.25, 0.3) is 0 Å². The van der Waals surface area contributed by atoms with Crippen LogP contribution in [0.1, 0.15) is 43.2 Å². The molecule has 3 saturated heterocycles. The maximum absolute atomic E-state index is 14.5. The lowest BCUT2D eigenvalue weighted by atomic mass is 9.92. The van der Waals surface area contributed by atoms with Crippen molar-refractivity contribution in [1.82, 2.24) is 25.8 Å². The third kappa shape index (κ3) is 8.96. The molecular weight excluding hydrogens is 638 g/mol. The van der Waals surface area contributed by atoms with E-state index in [-0.39, 0.29) is 30.8 Å². The fourth-order valence-corrected chi connectivity index (χ4v) is 7.74. The molecule has 51 heavy (non-hydrogen) atoms. The van der Waals surface area contributed by atoms with Crippen LogP contribution in [0, 0.1) is 11.8 Å². The van der Waals surface area contributed by atoms with Crippen molar-refractivity contribution < 1.29 is 19.1 Å². The summed E-state index contributed by atoms with van der Waals surface area (Å²) in [6.45, 7) is 4.74. The number of para-hydroxylation sites is 1. The Morgan fingerprint density at radius 2 is 1.33 bits per heavy atom. The molecule has 0 aromatic heterocycles. The average molecular weight is 688 g/mol. The molecule has 7 rings (SSSR count). The van der Waals surface area contributed by atoms with Gasteiger partial charge in [0, 0.05) is 25.9 Å². The fourth-order valence-electron chi connectivity index (χ4n) is 7.74. The van der Waals surface area contributed by atoms with Crippen LogP contribution >= 0.6 is 0 Å². The van der Waals surface area contributed by atoms with Crippen LogP contribution in [0.3, 0.4) is 0 Å². The predicted octanol–water partition coefficient (Wildman–Crippen LogP) is 5.29. The van der Waals surface area contributed by atoms with E-state index in [2.05, 4.69) is 40.2 Å². The minimum Gasteiger partial charge on any atom is -0.457 e. The molecule has 2 atom stereocenters. The van der Waals surface area contributed by atoms with Gasteiger partial charge in [0.05, 0.1) is 6.54 Å². The van der Waals surface area contributed by atoms with Crippen LogP contribution in [-0.4, -0.2) is 78.9 Å². The average Bonchev–Trinajstić information content (AvgIpc) is 3.16. The zero-order valence-electron chi connectivity index (χ0n) is 29.3. The van der Waals surface area contributed by atoms with Crippen molar-refractivity contribution in [3.8, 4) is 11.5 Å². The first-order valence-corrected chi connectivity index (χ1v) is 18.6. The number of piperidine rings is 2. The number of piperazine rings is 1. The van der Waals surface area contributed by atoms with E-state index in [4.69, 9.17) is 4.74 Å². The summed E-state index contributed by atoms with van der Waals surface area (Å²) in [5, 5.41) is 12.1. The summed E-state index contributed by atoms with van der Waals surface area (Å²) >= 11 is 0. The van der Waals surface area contributed by atoms with Crippen molar-refractivity contribution in [1.29, 1.82) is 0 Å². The number of rotatable bonds is 12. The molecule has 0 bridgehead atoms. The van der Waals surface area contributed by atoms with Crippen LogP contribution in [-0.2, 0) is 27.3 Å². The lowest BCUT2D eigenvalue weighted by molar-refractivity contribution is -0.152. The van der Waals surface area contributed by atoms with Gasteiger partial charge in [0.1, 0.15) is 23.6 Å². The van der Waals surface area contributed by atoms with E-state index in [0.29, 0.717) is 37.0 Å². The van der Waals surface area contributed by atoms with E-state index < -0.39 is 12.1 Å². The van der Waals surface area contributed by atoms with Gasteiger partial charge in [0.2, 0.25) is 17.7 Å². The Hall–Kier alpha value is -4.73. The van der Waals surface area contributed by atoms with Crippen LogP contribution in [0.15, 0.2) is 97.1 Å². The first kappa shape index (κ1) is 34.7. The van der Waals surface area contributed by atoms with Crippen LogP contribution < -0.4 is 20.7 Å². The number of carbonyl (C=O) groups excluding carboxylic acids is 3. The second kappa shape index (κ2) is 16.5. The molecular formula is C42H49N5O4. The minimum atomic E-state index is -0.802. The molecule has 3 aliphatic rings. The number of carbonyl (C=O) groups is 3. The number of nitrogens with one attached hydrogen (secondary N) is 3. The van der Waals surface area contributed by atoms with Crippen LogP contribution in [0.4, 0.5) is 0 Å². The topological polar surface area (TPSA) is 103 Å². The predicted molar refractivity (Wildman–Crippen MR) is 199 cm³/mol. The third-order valence-corrected chi connectivity index (χ3v) is 10.7. The highest BCUT2D eigenvalue weighted by Crippen LogP contribution is 2.26. The second-order valence-corrected chi connectivity index (χ2v) is 14.4. The number of benzene rings is 4. The summed E-state index contributed by atoms with van der Waals surface area (Å²) in [6.07, 6.45) is 4.78. The highest BCUT2D eigenvalue weighted by molar-refractivity contribution is 5.97. The highest BCUT2D eigenvalue weighted by atomic mass is 16.5. The highest BCUT2D eigenvalue weighted by Gasteiger charge is 2.42. The van der Waals surface area contributed by atoms with Gasteiger partial charge in [-0.05, 0) is 110 Å². The quantitative estimate of drug-likeness (QED) is 0.187. The molecule has 4 aromatic carbocycles. The first-order valence-electron chi connectivity index (χ1n) is 18.6. The number of hydrogen-bond donors (Lipinski definition) is 3. The molecule has 3 amide bonds. The van der Waals surface area contributed by atoms with Crippen LogP contribution in [0.25, 0.3) is 10.8 Å². The maximum Gasteiger partial charge on any atom is 0.246 e. The number of amides is 3. The SMILES string of the molecule is O=C1NC(Cc2ccc3ccccc3c2)C(=O)N(Cc2ccc(Oc3ccccc3)cc2)[C@H]1CN(CC1CCNCC1)C(=O)CC1CCNCC1. The largest absolute Gasteiger partial charge is 0.457 e. The smallest absolute Gasteiger partial charge is 0.246 e. The molecule has 0 radical (unpaired) electrons. The molecule has 9 heteroatoms. The van der Waals surface area contributed by atoms with Gasteiger partial charge < -0.3 is 30.5 Å². The van der Waals surface area contributed by atoms with E-state index >= 15 is 0 Å². The number of nitrogens with zero attached hydrogens (tertiary/aromatic N) is 2. The van der Waals surface area contributed by atoms with Crippen LogP contribution in [0.5, 0.6) is 11.5 Å². The summed E-state index contributed by atoms with van der Waals surface area (Å²) in [4.78, 5) is 46.3. The molecule has 9 nitrogen and oxygen atoms in total. The third-order valence-electron chi connectivity index (χ3n) is 10.7. The van der Waals surface area contributed by atoms with Gasteiger partial charge in [-0.2, -0.15) is 0 Å². The summed E-state index contributed by atoms with van der Waals surface area (Å²) in [5.41, 5.74) is 1.87. The second-order valence-electron chi connectivity index (χ2n) is 14.4. The van der Waals surface area contributed by atoms with E-state index in [9.17, 15) is 14.4 Å². The molecule has 0 spiro atoms. The van der Waals surface area contributed by atoms with E-state index in [1.807, 2.05) is 77.7 Å². The zero-order valence-corrected chi connectivity index (χ0v) is 29.3. The molecule has 266 valence electrons. The van der Waals surface area contributed by atoms with Crippen molar-refractivity contribution >= 4 is 28.5 Å². The normalized spacial score (nSPS) is 20.3. The molecule has 3 aliphatic heterocycles. The molecule has 0 aliphatic carbocycles. The first-order chi connectivity index (χ1) is 25.0. The molecule has 3 fully saturated rings. The van der Waals surface area contributed by atoms with Gasteiger partial charge in [-0.3, -0.25) is 14.4 Å². The van der Waals surface area contributed by atoms with E-state index in [1.165, 1.54) is 0 Å². The van der Waals surface area contributed by atoms with Crippen molar-refractivity contribution in [2.75, 3.05) is 39.3 Å².